The predicted molar refractivity (Wildman–Crippen MR) is 62.0 cm³/mol. The van der Waals surface area contributed by atoms with Crippen LogP contribution in [-0.4, -0.2) is 6.29 Å². The van der Waals surface area contributed by atoms with Crippen LogP contribution in [0.3, 0.4) is 0 Å². The Labute approximate surface area is 88.7 Å². The molecule has 0 spiro atoms. The number of aldehydes is 1. The third-order valence-electron chi connectivity index (χ3n) is 2.49. The monoisotopic (exact) mass is 194 g/mol. The van der Waals surface area contributed by atoms with Crippen LogP contribution >= 0.6 is 0 Å². The van der Waals surface area contributed by atoms with Crippen LogP contribution in [0, 0.1) is 19.3 Å². The Hall–Kier alpha value is -2.07. The normalized spacial score (nSPS) is 9.87. The van der Waals surface area contributed by atoms with Crippen molar-refractivity contribution in [2.75, 3.05) is 0 Å². The Balaban J connectivity index is 2.92. The predicted octanol–water partition coefficient (Wildman–Crippen LogP) is 2.94. The van der Waals surface area contributed by atoms with Crippen molar-refractivity contribution >= 4 is 17.1 Å². The van der Waals surface area contributed by atoms with Gasteiger partial charge in [0.1, 0.15) is 0 Å². The number of rotatable bonds is 1. The first-order valence-electron chi connectivity index (χ1n) is 4.71. The van der Waals surface area contributed by atoms with Crippen LogP contribution in [0.4, 0.5) is 0 Å². The van der Waals surface area contributed by atoms with E-state index in [1.165, 1.54) is 0 Å². The Morgan fingerprint density at radius 1 is 1.27 bits per heavy atom. The molecule has 0 aliphatic rings. The van der Waals surface area contributed by atoms with E-state index in [2.05, 4.69) is 5.92 Å². The fourth-order valence-corrected chi connectivity index (χ4v) is 1.71. The summed E-state index contributed by atoms with van der Waals surface area (Å²) in [5, 5.41) is 1.97. The van der Waals surface area contributed by atoms with Gasteiger partial charge in [0.05, 0.1) is 0 Å². The van der Waals surface area contributed by atoms with E-state index in [1.54, 1.807) is 6.07 Å². The maximum atomic E-state index is 11.0. The van der Waals surface area contributed by atoms with E-state index in [9.17, 15) is 4.79 Å². The minimum Gasteiger partial charge on any atom is -0.298 e. The third kappa shape index (κ3) is 1.51. The molecule has 0 heterocycles. The van der Waals surface area contributed by atoms with Gasteiger partial charge in [0.2, 0.25) is 0 Å². The minimum absolute atomic E-state index is 0.610. The summed E-state index contributed by atoms with van der Waals surface area (Å²) in [6, 6.07) is 9.75. The second-order valence-electron chi connectivity index (χ2n) is 3.51. The van der Waals surface area contributed by atoms with Gasteiger partial charge in [-0.15, -0.1) is 6.42 Å². The van der Waals surface area contributed by atoms with Crippen LogP contribution < -0.4 is 0 Å². The van der Waals surface area contributed by atoms with E-state index in [0.29, 0.717) is 11.1 Å². The number of carbonyl (C=O) groups is 1. The molecule has 2 rings (SSSR count). The van der Waals surface area contributed by atoms with Gasteiger partial charge in [-0.25, -0.2) is 0 Å². The van der Waals surface area contributed by atoms with E-state index < -0.39 is 0 Å². The number of benzene rings is 2. The molecule has 0 aromatic heterocycles. The molecule has 0 N–H and O–H groups in total. The lowest BCUT2D eigenvalue weighted by Gasteiger charge is -2.04. The van der Waals surface area contributed by atoms with Gasteiger partial charge in [0.15, 0.2) is 6.29 Å². The number of carbonyl (C=O) groups excluding carboxylic acids is 1. The van der Waals surface area contributed by atoms with Gasteiger partial charge in [-0.2, -0.15) is 0 Å². The molecule has 15 heavy (non-hydrogen) atoms. The topological polar surface area (TPSA) is 17.1 Å². The zero-order valence-electron chi connectivity index (χ0n) is 8.45. The minimum atomic E-state index is 0.610. The average Bonchev–Trinajstić information content (AvgIpc) is 2.27. The highest BCUT2D eigenvalue weighted by Crippen LogP contribution is 2.22. The molecule has 2 aromatic rings. The average molecular weight is 194 g/mol. The van der Waals surface area contributed by atoms with Gasteiger partial charge < -0.3 is 0 Å². The highest BCUT2D eigenvalue weighted by atomic mass is 16.1. The zero-order valence-corrected chi connectivity index (χ0v) is 8.45. The lowest BCUT2D eigenvalue weighted by atomic mass is 9.99. The summed E-state index contributed by atoms with van der Waals surface area (Å²) in [4.78, 5) is 11.0. The number of hydrogen-bond acceptors (Lipinski definition) is 1. The van der Waals surface area contributed by atoms with Gasteiger partial charge in [0.25, 0.3) is 0 Å². The second-order valence-corrected chi connectivity index (χ2v) is 3.51. The molecular formula is C14H10O. The van der Waals surface area contributed by atoms with E-state index in [-0.39, 0.29) is 0 Å². The molecule has 0 fully saturated rings. The fraction of sp³-hybridized carbons (Fsp3) is 0.0714. The third-order valence-corrected chi connectivity index (χ3v) is 2.49. The van der Waals surface area contributed by atoms with Crippen molar-refractivity contribution in [3.8, 4) is 12.3 Å². The van der Waals surface area contributed by atoms with Crippen LogP contribution in [0.5, 0.6) is 0 Å². The van der Waals surface area contributed by atoms with Gasteiger partial charge in [0, 0.05) is 11.1 Å². The number of hydrogen-bond donors (Lipinski definition) is 0. The van der Waals surface area contributed by atoms with Gasteiger partial charge in [-0.1, -0.05) is 35.7 Å². The van der Waals surface area contributed by atoms with E-state index >= 15 is 0 Å². The lowest BCUT2D eigenvalue weighted by Crippen LogP contribution is -1.90. The number of aryl methyl sites for hydroxylation is 1. The van der Waals surface area contributed by atoms with Crippen LogP contribution in [0.15, 0.2) is 30.3 Å². The van der Waals surface area contributed by atoms with Crippen molar-refractivity contribution in [1.29, 1.82) is 0 Å². The first kappa shape index (κ1) is 9.48. The summed E-state index contributed by atoms with van der Waals surface area (Å²) >= 11 is 0. The van der Waals surface area contributed by atoms with Crippen molar-refractivity contribution in [3.63, 3.8) is 0 Å². The van der Waals surface area contributed by atoms with E-state index in [4.69, 9.17) is 6.42 Å². The summed E-state index contributed by atoms with van der Waals surface area (Å²) in [6.07, 6.45) is 6.18. The van der Waals surface area contributed by atoms with Crippen molar-refractivity contribution < 1.29 is 4.79 Å². The lowest BCUT2D eigenvalue weighted by molar-refractivity contribution is 0.112. The maximum absolute atomic E-state index is 11.0. The summed E-state index contributed by atoms with van der Waals surface area (Å²) < 4.78 is 0. The first-order valence-corrected chi connectivity index (χ1v) is 4.71. The Morgan fingerprint density at radius 2 is 2.00 bits per heavy atom. The van der Waals surface area contributed by atoms with E-state index in [1.807, 2.05) is 31.2 Å². The molecule has 0 saturated heterocycles. The Bertz CT molecular complexity index is 574. The van der Waals surface area contributed by atoms with Crippen molar-refractivity contribution in [1.82, 2.24) is 0 Å². The maximum Gasteiger partial charge on any atom is 0.151 e. The molecule has 0 saturated carbocycles. The Morgan fingerprint density at radius 3 is 2.67 bits per heavy atom. The highest BCUT2D eigenvalue weighted by Gasteiger charge is 2.04. The fourth-order valence-electron chi connectivity index (χ4n) is 1.71. The van der Waals surface area contributed by atoms with Gasteiger partial charge >= 0.3 is 0 Å². The molecule has 0 atom stereocenters. The second kappa shape index (κ2) is 3.59. The highest BCUT2D eigenvalue weighted by molar-refractivity contribution is 6.00. The van der Waals surface area contributed by atoms with Crippen LogP contribution in [0.25, 0.3) is 10.8 Å². The molecule has 72 valence electrons. The molecule has 0 bridgehead atoms. The number of fused-ring (bicyclic) bond motifs is 1. The molecule has 1 nitrogen and oxygen atoms in total. The largest absolute Gasteiger partial charge is 0.298 e. The van der Waals surface area contributed by atoms with Crippen LogP contribution in [0.1, 0.15) is 21.5 Å². The summed E-state index contributed by atoms with van der Waals surface area (Å²) in [6.45, 7) is 2.00. The number of terminal acetylenes is 1. The van der Waals surface area contributed by atoms with Crippen molar-refractivity contribution in [3.05, 3.63) is 47.0 Å². The molecule has 0 aliphatic heterocycles. The molecule has 2 aromatic carbocycles. The Kier molecular flexibility index (Phi) is 2.27. The van der Waals surface area contributed by atoms with Crippen molar-refractivity contribution in [2.45, 2.75) is 6.92 Å². The van der Waals surface area contributed by atoms with Crippen LogP contribution in [0.2, 0.25) is 0 Å². The first-order chi connectivity index (χ1) is 7.26. The molecule has 0 amide bonds. The molecule has 0 unspecified atom stereocenters. The molecule has 1 heteroatoms. The van der Waals surface area contributed by atoms with Gasteiger partial charge in [-0.3, -0.25) is 4.79 Å². The van der Waals surface area contributed by atoms with Gasteiger partial charge in [-0.05, 0) is 23.8 Å². The van der Waals surface area contributed by atoms with Crippen molar-refractivity contribution in [2.24, 2.45) is 0 Å². The van der Waals surface area contributed by atoms with Crippen LogP contribution in [-0.2, 0) is 0 Å². The smallest absolute Gasteiger partial charge is 0.151 e. The summed E-state index contributed by atoms with van der Waals surface area (Å²) in [5.74, 6) is 2.53. The summed E-state index contributed by atoms with van der Waals surface area (Å²) in [5.41, 5.74) is 2.39. The van der Waals surface area contributed by atoms with E-state index in [0.717, 1.165) is 22.6 Å². The molecule has 0 aliphatic carbocycles. The zero-order chi connectivity index (χ0) is 10.8. The molecular weight excluding hydrogens is 184 g/mol. The quantitative estimate of drug-likeness (QED) is 0.504. The summed E-state index contributed by atoms with van der Waals surface area (Å²) in [7, 11) is 0. The molecule has 0 radical (unpaired) electrons. The SMILES string of the molecule is C#Cc1ccc2ccc(C)cc2c1C=O. The standard InChI is InChI=1S/C14H10O/c1-3-11-6-7-12-5-4-10(2)8-13(12)14(11)9-15/h1,4-9H,2H3.